The average molecular weight is 279 g/mol. The molecule has 3 rings (SSSR count). The van der Waals surface area contributed by atoms with Crippen molar-refractivity contribution < 1.29 is 0 Å². The second-order valence-corrected chi connectivity index (χ2v) is 6.13. The van der Waals surface area contributed by atoms with Crippen LogP contribution in [0.2, 0.25) is 0 Å². The van der Waals surface area contributed by atoms with Crippen molar-refractivity contribution in [3.63, 3.8) is 0 Å². The van der Waals surface area contributed by atoms with Crippen molar-refractivity contribution in [1.29, 1.82) is 0 Å². The van der Waals surface area contributed by atoms with Crippen molar-refractivity contribution in [3.8, 4) is 11.3 Å². The number of aryl methyl sites for hydroxylation is 2. The molecule has 3 aromatic rings. The van der Waals surface area contributed by atoms with Crippen LogP contribution in [-0.4, -0.2) is 14.5 Å². The monoisotopic (exact) mass is 279 g/mol. The van der Waals surface area contributed by atoms with Crippen molar-refractivity contribution in [1.82, 2.24) is 14.5 Å². The summed E-state index contributed by atoms with van der Waals surface area (Å²) < 4.78 is 2.31. The molecule has 0 bridgehead atoms. The minimum atomic E-state index is 0.625. The molecule has 0 saturated carbocycles. The zero-order chi connectivity index (χ0) is 15.0. The smallest absolute Gasteiger partial charge is 0.0741 e. The summed E-state index contributed by atoms with van der Waals surface area (Å²) >= 11 is 0. The summed E-state index contributed by atoms with van der Waals surface area (Å²) in [4.78, 5) is 9.01. The summed E-state index contributed by atoms with van der Waals surface area (Å²) in [6.07, 6.45) is 6.03. The van der Waals surface area contributed by atoms with Crippen LogP contribution < -0.4 is 0 Å². The quantitative estimate of drug-likeness (QED) is 0.712. The van der Waals surface area contributed by atoms with Crippen LogP contribution >= 0.6 is 0 Å². The molecule has 0 spiro atoms. The number of pyridine rings is 2. The van der Waals surface area contributed by atoms with E-state index in [1.54, 1.807) is 0 Å². The molecule has 21 heavy (non-hydrogen) atoms. The predicted octanol–water partition coefficient (Wildman–Crippen LogP) is 4.37. The fourth-order valence-electron chi connectivity index (χ4n) is 2.75. The highest BCUT2D eigenvalue weighted by atomic mass is 15.0. The van der Waals surface area contributed by atoms with Gasteiger partial charge in [0.1, 0.15) is 0 Å². The van der Waals surface area contributed by atoms with Crippen molar-refractivity contribution >= 4 is 10.9 Å². The van der Waals surface area contributed by atoms with Crippen molar-refractivity contribution in [2.75, 3.05) is 0 Å². The third-order valence-corrected chi connectivity index (χ3v) is 3.74. The molecule has 0 atom stereocenters. The minimum Gasteiger partial charge on any atom is -0.347 e. The van der Waals surface area contributed by atoms with Gasteiger partial charge in [0.2, 0.25) is 0 Å². The summed E-state index contributed by atoms with van der Waals surface area (Å²) in [6.45, 7) is 9.63. The lowest BCUT2D eigenvalue weighted by molar-refractivity contribution is 0.535. The highest BCUT2D eigenvalue weighted by Gasteiger charge is 2.09. The minimum absolute atomic E-state index is 0.625. The van der Waals surface area contributed by atoms with Gasteiger partial charge in [-0.25, -0.2) is 0 Å². The second-order valence-electron chi connectivity index (χ2n) is 6.13. The summed E-state index contributed by atoms with van der Waals surface area (Å²) in [5.74, 6) is 0.625. The lowest BCUT2D eigenvalue weighted by Crippen LogP contribution is -2.02. The van der Waals surface area contributed by atoms with E-state index in [2.05, 4.69) is 59.7 Å². The maximum absolute atomic E-state index is 4.61. The van der Waals surface area contributed by atoms with Gasteiger partial charge in [0, 0.05) is 41.8 Å². The van der Waals surface area contributed by atoms with Crippen molar-refractivity contribution in [2.45, 2.75) is 34.2 Å². The fourth-order valence-corrected chi connectivity index (χ4v) is 2.75. The van der Waals surface area contributed by atoms with Crippen molar-refractivity contribution in [3.05, 3.63) is 48.0 Å². The van der Waals surface area contributed by atoms with Crippen molar-refractivity contribution in [2.24, 2.45) is 5.92 Å². The number of hydrogen-bond acceptors (Lipinski definition) is 2. The van der Waals surface area contributed by atoms with E-state index in [1.165, 1.54) is 16.5 Å². The van der Waals surface area contributed by atoms with E-state index >= 15 is 0 Å². The Morgan fingerprint density at radius 3 is 2.62 bits per heavy atom. The molecule has 108 valence electrons. The average Bonchev–Trinajstić information content (AvgIpc) is 2.80. The van der Waals surface area contributed by atoms with Crippen LogP contribution in [-0.2, 0) is 6.54 Å². The van der Waals surface area contributed by atoms with Gasteiger partial charge < -0.3 is 4.57 Å². The Labute approximate surface area is 125 Å². The molecule has 3 heteroatoms. The molecule has 0 N–H and O–H groups in total. The molecule has 0 amide bonds. The van der Waals surface area contributed by atoms with Gasteiger partial charge in [-0.05, 0) is 43.5 Å². The molecule has 0 aliphatic rings. The first-order valence-corrected chi connectivity index (χ1v) is 7.43. The second kappa shape index (κ2) is 5.32. The first-order valence-electron chi connectivity index (χ1n) is 7.43. The standard InChI is InChI=1S/C18H21N3/c1-12(2)11-21-6-5-15-9-20-17(8-18(15)21)16-10-19-14(4)7-13(16)3/h5-10,12H,11H2,1-4H3. The summed E-state index contributed by atoms with van der Waals surface area (Å²) in [6, 6.07) is 6.42. The van der Waals surface area contributed by atoms with Crippen LogP contribution in [0.4, 0.5) is 0 Å². The molecule has 0 aromatic carbocycles. The molecule has 0 aliphatic carbocycles. The highest BCUT2D eigenvalue weighted by Crippen LogP contribution is 2.25. The largest absolute Gasteiger partial charge is 0.347 e. The van der Waals surface area contributed by atoms with Gasteiger partial charge in [-0.2, -0.15) is 0 Å². The summed E-state index contributed by atoms with van der Waals surface area (Å²) in [7, 11) is 0. The molecule has 3 nitrogen and oxygen atoms in total. The molecule has 3 heterocycles. The number of hydrogen-bond donors (Lipinski definition) is 0. The van der Waals surface area contributed by atoms with Gasteiger partial charge in [0.15, 0.2) is 0 Å². The van der Waals surface area contributed by atoms with Crippen LogP contribution in [0.25, 0.3) is 22.2 Å². The molecular weight excluding hydrogens is 258 g/mol. The third kappa shape index (κ3) is 2.68. The predicted molar refractivity (Wildman–Crippen MR) is 87.3 cm³/mol. The van der Waals surface area contributed by atoms with E-state index in [4.69, 9.17) is 0 Å². The highest BCUT2D eigenvalue weighted by molar-refractivity contribution is 5.83. The van der Waals surface area contributed by atoms with E-state index in [-0.39, 0.29) is 0 Å². The Morgan fingerprint density at radius 1 is 1.10 bits per heavy atom. The lowest BCUT2D eigenvalue weighted by Gasteiger charge is -2.10. The van der Waals surface area contributed by atoms with Crippen LogP contribution in [0.15, 0.2) is 36.8 Å². The van der Waals surface area contributed by atoms with Crippen LogP contribution in [0.3, 0.4) is 0 Å². The summed E-state index contributed by atoms with van der Waals surface area (Å²) in [5, 5.41) is 1.19. The maximum Gasteiger partial charge on any atom is 0.0741 e. The summed E-state index contributed by atoms with van der Waals surface area (Å²) in [5.41, 5.74) is 5.61. The Hall–Kier alpha value is -2.16. The number of fused-ring (bicyclic) bond motifs is 1. The topological polar surface area (TPSA) is 30.7 Å². The van der Waals surface area contributed by atoms with E-state index in [0.717, 1.165) is 23.5 Å². The molecule has 0 unspecified atom stereocenters. The van der Waals surface area contributed by atoms with Gasteiger partial charge in [-0.15, -0.1) is 0 Å². The van der Waals surface area contributed by atoms with E-state index in [1.807, 2.05) is 19.3 Å². The number of aromatic nitrogens is 3. The number of rotatable bonds is 3. The van der Waals surface area contributed by atoms with Gasteiger partial charge in [-0.1, -0.05) is 13.8 Å². The van der Waals surface area contributed by atoms with Crippen LogP contribution in [0.1, 0.15) is 25.1 Å². The Balaban J connectivity index is 2.11. The molecular formula is C18H21N3. The SMILES string of the molecule is Cc1cc(C)c(-c2cc3c(ccn3CC(C)C)cn2)cn1. The Bertz CT molecular complexity index is 784. The molecule has 0 aliphatic heterocycles. The molecule has 0 saturated heterocycles. The zero-order valence-electron chi connectivity index (χ0n) is 13.1. The van der Waals surface area contributed by atoms with Crippen LogP contribution in [0.5, 0.6) is 0 Å². The normalized spacial score (nSPS) is 11.5. The number of nitrogens with zero attached hydrogens (tertiary/aromatic N) is 3. The Morgan fingerprint density at radius 2 is 1.90 bits per heavy atom. The fraction of sp³-hybridized carbons (Fsp3) is 0.333. The zero-order valence-corrected chi connectivity index (χ0v) is 13.1. The van der Waals surface area contributed by atoms with E-state index < -0.39 is 0 Å². The molecule has 0 radical (unpaired) electrons. The molecule has 0 fully saturated rings. The molecule has 3 aromatic heterocycles. The van der Waals surface area contributed by atoms with E-state index in [0.29, 0.717) is 5.92 Å². The van der Waals surface area contributed by atoms with Gasteiger partial charge >= 0.3 is 0 Å². The van der Waals surface area contributed by atoms with Gasteiger partial charge in [0.25, 0.3) is 0 Å². The van der Waals surface area contributed by atoms with Gasteiger partial charge in [-0.3, -0.25) is 9.97 Å². The van der Waals surface area contributed by atoms with Gasteiger partial charge in [0.05, 0.1) is 11.2 Å². The maximum atomic E-state index is 4.61. The Kier molecular flexibility index (Phi) is 3.50. The van der Waals surface area contributed by atoms with E-state index in [9.17, 15) is 0 Å². The lowest BCUT2D eigenvalue weighted by atomic mass is 10.1. The first-order chi connectivity index (χ1) is 10.0. The first kappa shape index (κ1) is 13.8. The van der Waals surface area contributed by atoms with Crippen LogP contribution in [0, 0.1) is 19.8 Å². The third-order valence-electron chi connectivity index (χ3n) is 3.74.